The van der Waals surface area contributed by atoms with Gasteiger partial charge in [-0.15, -0.1) is 6.58 Å². The monoisotopic (exact) mass is 543 g/mol. The SMILES string of the molecule is C=CCCCCC(C)CCCC=CC#CCC[C@H](OC)C(=O)OC[C@@H](O)COP(=O)([O-])CC[N+](C)(C)C. The highest BCUT2D eigenvalue weighted by Gasteiger charge is 2.21. The Balaban J connectivity index is 4.12. The van der Waals surface area contributed by atoms with Gasteiger partial charge in [-0.2, -0.15) is 0 Å². The number of aliphatic hydroxyl groups is 1. The van der Waals surface area contributed by atoms with Crippen LogP contribution in [0.2, 0.25) is 0 Å². The van der Waals surface area contributed by atoms with E-state index in [2.05, 4.69) is 31.4 Å². The molecule has 0 rings (SSSR count). The second-order valence-corrected chi connectivity index (χ2v) is 12.5. The van der Waals surface area contributed by atoms with Crippen molar-refractivity contribution in [3.8, 4) is 11.8 Å². The fourth-order valence-corrected chi connectivity index (χ4v) is 4.70. The molecule has 0 heterocycles. The number of aliphatic hydroxyl groups excluding tert-OH is 1. The van der Waals surface area contributed by atoms with Crippen LogP contribution in [0.4, 0.5) is 0 Å². The number of esters is 1. The highest BCUT2D eigenvalue weighted by molar-refractivity contribution is 7.51. The van der Waals surface area contributed by atoms with E-state index < -0.39 is 32.4 Å². The number of ether oxygens (including phenoxy) is 2. The lowest BCUT2D eigenvalue weighted by molar-refractivity contribution is -0.868. The topological polar surface area (TPSA) is 105 Å². The van der Waals surface area contributed by atoms with Gasteiger partial charge in [0, 0.05) is 13.5 Å². The average molecular weight is 544 g/mol. The fraction of sp³-hybridized carbons (Fsp3) is 0.750. The van der Waals surface area contributed by atoms with Crippen molar-refractivity contribution in [1.82, 2.24) is 0 Å². The van der Waals surface area contributed by atoms with Gasteiger partial charge < -0.3 is 33.0 Å². The Hall–Kier alpha value is -1.46. The quantitative estimate of drug-likeness (QED) is 0.0581. The van der Waals surface area contributed by atoms with Gasteiger partial charge in [-0.05, 0) is 44.1 Å². The molecular formula is C28H50NO7P. The molecule has 0 aromatic rings. The highest BCUT2D eigenvalue weighted by atomic mass is 31.2. The molecular weight excluding hydrogens is 493 g/mol. The Labute approximate surface area is 225 Å². The van der Waals surface area contributed by atoms with Gasteiger partial charge in [0.25, 0.3) is 0 Å². The standard InChI is InChI=1S/C28H50NO7P/c1-7-8-9-15-18-25(2)19-16-13-11-10-12-14-17-20-27(34-6)28(31)35-23-26(30)24-36-37(32,33)22-21-29(3,4)5/h7,10-11,25-27,30H,1,8-9,13,15-24H2,2-6H3/t25?,26-,27+/m1/s1. The normalized spacial score (nSPS) is 15.9. The van der Waals surface area contributed by atoms with Crippen LogP contribution in [0.25, 0.3) is 0 Å². The number of quaternary nitrogens is 1. The van der Waals surface area contributed by atoms with Gasteiger partial charge in [0.05, 0.1) is 40.5 Å². The van der Waals surface area contributed by atoms with Gasteiger partial charge in [-0.3, -0.25) is 0 Å². The van der Waals surface area contributed by atoms with Crippen LogP contribution in [0.1, 0.15) is 64.7 Å². The number of rotatable bonds is 21. The maximum atomic E-state index is 12.2. The number of methoxy groups -OCH3 is 1. The summed E-state index contributed by atoms with van der Waals surface area (Å²) < 4.78 is 27.5. The van der Waals surface area contributed by atoms with Crippen molar-refractivity contribution in [3.05, 3.63) is 24.8 Å². The first-order valence-corrected chi connectivity index (χ1v) is 15.0. The fourth-order valence-electron chi connectivity index (χ4n) is 3.32. The smallest absolute Gasteiger partial charge is 0.335 e. The van der Waals surface area contributed by atoms with E-state index in [4.69, 9.17) is 14.0 Å². The first-order chi connectivity index (χ1) is 17.4. The number of carbonyl (C=O) groups excluding carboxylic acids is 1. The maximum absolute atomic E-state index is 12.2. The van der Waals surface area contributed by atoms with E-state index in [0.29, 0.717) is 23.9 Å². The number of hydrogen-bond acceptors (Lipinski definition) is 7. The van der Waals surface area contributed by atoms with Crippen molar-refractivity contribution in [2.24, 2.45) is 5.92 Å². The molecule has 0 aromatic carbocycles. The van der Waals surface area contributed by atoms with Crippen molar-refractivity contribution in [2.45, 2.75) is 76.9 Å². The van der Waals surface area contributed by atoms with Crippen molar-refractivity contribution in [3.63, 3.8) is 0 Å². The van der Waals surface area contributed by atoms with Crippen LogP contribution in [0.15, 0.2) is 24.8 Å². The first-order valence-electron chi connectivity index (χ1n) is 13.3. The predicted molar refractivity (Wildman–Crippen MR) is 147 cm³/mol. The Morgan fingerprint density at radius 2 is 1.84 bits per heavy atom. The van der Waals surface area contributed by atoms with Crippen LogP contribution in [-0.4, -0.2) is 81.9 Å². The van der Waals surface area contributed by atoms with Crippen molar-refractivity contribution in [1.29, 1.82) is 0 Å². The molecule has 9 heteroatoms. The Morgan fingerprint density at radius 1 is 1.14 bits per heavy atom. The molecule has 0 radical (unpaired) electrons. The van der Waals surface area contributed by atoms with Crippen LogP contribution in [-0.2, 0) is 23.4 Å². The zero-order valence-electron chi connectivity index (χ0n) is 23.7. The summed E-state index contributed by atoms with van der Waals surface area (Å²) in [5.74, 6) is 6.09. The third-order valence-electron chi connectivity index (χ3n) is 5.73. The first kappa shape index (κ1) is 35.5. The second kappa shape index (κ2) is 20.5. The summed E-state index contributed by atoms with van der Waals surface area (Å²) in [4.78, 5) is 24.1. The number of allylic oxidation sites excluding steroid dienone is 3. The Kier molecular flexibility index (Phi) is 19.7. The van der Waals surface area contributed by atoms with Crippen LogP contribution < -0.4 is 4.89 Å². The van der Waals surface area contributed by atoms with Crippen molar-refractivity contribution < 1.29 is 37.8 Å². The molecule has 2 unspecified atom stereocenters. The van der Waals surface area contributed by atoms with E-state index in [1.165, 1.54) is 32.8 Å². The van der Waals surface area contributed by atoms with Crippen LogP contribution in [0, 0.1) is 17.8 Å². The molecule has 0 aliphatic rings. The molecule has 0 aliphatic heterocycles. The largest absolute Gasteiger partial charge is 0.778 e. The molecule has 214 valence electrons. The molecule has 0 aromatic heterocycles. The number of unbranched alkanes of at least 4 members (excludes halogenated alkanes) is 3. The minimum absolute atomic E-state index is 0.138. The summed E-state index contributed by atoms with van der Waals surface area (Å²) in [7, 11) is 2.96. The van der Waals surface area contributed by atoms with E-state index in [0.717, 1.165) is 25.2 Å². The van der Waals surface area contributed by atoms with Gasteiger partial charge in [0.15, 0.2) is 6.10 Å². The van der Waals surface area contributed by atoms with Gasteiger partial charge in [-0.1, -0.05) is 50.2 Å². The van der Waals surface area contributed by atoms with E-state index >= 15 is 0 Å². The molecule has 0 saturated heterocycles. The minimum atomic E-state index is -4.07. The lowest BCUT2D eigenvalue weighted by atomic mass is 9.97. The zero-order valence-corrected chi connectivity index (χ0v) is 24.5. The molecule has 0 bridgehead atoms. The molecule has 1 N–H and O–H groups in total. The summed E-state index contributed by atoms with van der Waals surface area (Å²) in [6.45, 7) is 5.61. The molecule has 0 aliphatic carbocycles. The molecule has 8 nitrogen and oxygen atoms in total. The van der Waals surface area contributed by atoms with Crippen molar-refractivity contribution >= 4 is 13.6 Å². The average Bonchev–Trinajstić information content (AvgIpc) is 2.83. The summed E-state index contributed by atoms with van der Waals surface area (Å²) in [5.41, 5.74) is 0. The summed E-state index contributed by atoms with van der Waals surface area (Å²) in [5, 5.41) is 9.93. The van der Waals surface area contributed by atoms with Crippen LogP contribution >= 0.6 is 7.60 Å². The highest BCUT2D eigenvalue weighted by Crippen LogP contribution is 2.36. The summed E-state index contributed by atoms with van der Waals surface area (Å²) in [6, 6.07) is 0. The third kappa shape index (κ3) is 22.3. The minimum Gasteiger partial charge on any atom is -0.778 e. The molecule has 0 amide bonds. The maximum Gasteiger partial charge on any atom is 0.335 e. The number of carbonyl (C=O) groups is 1. The lowest BCUT2D eigenvalue weighted by Crippen LogP contribution is -2.38. The summed E-state index contributed by atoms with van der Waals surface area (Å²) in [6.07, 6.45) is 12.8. The van der Waals surface area contributed by atoms with Gasteiger partial charge in [0.2, 0.25) is 0 Å². The Bertz CT molecular complexity index is 767. The molecule has 4 atom stereocenters. The van der Waals surface area contributed by atoms with Gasteiger partial charge >= 0.3 is 5.97 Å². The summed E-state index contributed by atoms with van der Waals surface area (Å²) >= 11 is 0. The van der Waals surface area contributed by atoms with Crippen LogP contribution in [0.5, 0.6) is 0 Å². The molecule has 0 spiro atoms. The molecule has 37 heavy (non-hydrogen) atoms. The van der Waals surface area contributed by atoms with E-state index in [9.17, 15) is 19.4 Å². The third-order valence-corrected chi connectivity index (χ3v) is 7.02. The Morgan fingerprint density at radius 3 is 2.49 bits per heavy atom. The number of hydrogen-bond donors (Lipinski definition) is 1. The molecule has 0 fully saturated rings. The molecule has 0 saturated carbocycles. The number of nitrogens with zero attached hydrogens (tertiary/aromatic N) is 1. The van der Waals surface area contributed by atoms with E-state index in [-0.39, 0.29) is 12.8 Å². The lowest BCUT2D eigenvalue weighted by Gasteiger charge is -2.29. The zero-order chi connectivity index (χ0) is 28.2. The van der Waals surface area contributed by atoms with Crippen molar-refractivity contribution in [2.75, 3.05) is 54.2 Å². The van der Waals surface area contributed by atoms with E-state index in [1.54, 1.807) is 0 Å². The predicted octanol–water partition coefficient (Wildman–Crippen LogP) is 4.07. The van der Waals surface area contributed by atoms with Crippen LogP contribution in [0.3, 0.4) is 0 Å². The van der Waals surface area contributed by atoms with Gasteiger partial charge in [-0.25, -0.2) is 4.79 Å². The van der Waals surface area contributed by atoms with Gasteiger partial charge in [0.1, 0.15) is 20.3 Å². The second-order valence-electron chi connectivity index (χ2n) is 10.5. The van der Waals surface area contributed by atoms with E-state index in [1.807, 2.05) is 33.3 Å².